The van der Waals surface area contributed by atoms with Gasteiger partial charge < -0.3 is 15.4 Å². The van der Waals surface area contributed by atoms with E-state index in [1.54, 1.807) is 17.3 Å². The maximum absolute atomic E-state index is 12.0. The zero-order valence-corrected chi connectivity index (χ0v) is 20.4. The number of nitrogens with one attached hydrogen (secondary N) is 2. The first-order valence-electron chi connectivity index (χ1n) is 9.84. The van der Waals surface area contributed by atoms with Crippen molar-refractivity contribution in [3.63, 3.8) is 0 Å². The van der Waals surface area contributed by atoms with Gasteiger partial charge in [-0.25, -0.2) is 17.7 Å². The van der Waals surface area contributed by atoms with Crippen LogP contribution in [0, 0.1) is 0 Å². The monoisotopic (exact) mass is 536 g/mol. The van der Waals surface area contributed by atoms with Gasteiger partial charge in [-0.2, -0.15) is 0 Å². The minimum Gasteiger partial charge on any atom is -0.489 e. The highest BCUT2D eigenvalue weighted by Gasteiger charge is 2.27. The zero-order chi connectivity index (χ0) is 20.4. The lowest BCUT2D eigenvalue weighted by Gasteiger charge is -2.32. The van der Waals surface area contributed by atoms with Crippen molar-refractivity contribution in [2.24, 2.45) is 4.99 Å². The number of hydrogen-bond donors (Lipinski definition) is 2. The van der Waals surface area contributed by atoms with Crippen LogP contribution in [0.4, 0.5) is 0 Å². The number of nitrogens with zero attached hydrogens (tertiary/aromatic N) is 2. The molecule has 0 unspecified atom stereocenters. The van der Waals surface area contributed by atoms with Gasteiger partial charge in [0.1, 0.15) is 12.4 Å². The van der Waals surface area contributed by atoms with E-state index in [1.165, 1.54) is 0 Å². The average molecular weight is 536 g/mol. The summed E-state index contributed by atoms with van der Waals surface area (Å²) < 4.78 is 31.3. The summed E-state index contributed by atoms with van der Waals surface area (Å²) in [5, 5.41) is 6.71. The van der Waals surface area contributed by atoms with E-state index >= 15 is 0 Å². The molecule has 0 radical (unpaired) electrons. The van der Waals surface area contributed by atoms with Crippen LogP contribution in [-0.2, 0) is 16.6 Å². The third-order valence-electron chi connectivity index (χ3n) is 4.63. The van der Waals surface area contributed by atoms with Crippen molar-refractivity contribution in [3.05, 3.63) is 42.5 Å². The van der Waals surface area contributed by atoms with Crippen LogP contribution in [0.1, 0.15) is 32.3 Å². The molecule has 1 saturated heterocycles. The highest BCUT2D eigenvalue weighted by molar-refractivity contribution is 14.0. The molecule has 1 fully saturated rings. The van der Waals surface area contributed by atoms with E-state index < -0.39 is 10.0 Å². The van der Waals surface area contributed by atoms with Crippen LogP contribution in [0.15, 0.2) is 41.9 Å². The van der Waals surface area contributed by atoms with Crippen LogP contribution in [0.2, 0.25) is 0 Å². The summed E-state index contributed by atoms with van der Waals surface area (Å²) in [6, 6.07) is 8.04. The van der Waals surface area contributed by atoms with Gasteiger partial charge in [-0.15, -0.1) is 24.0 Å². The minimum atomic E-state index is -3.10. The Morgan fingerprint density at radius 3 is 2.62 bits per heavy atom. The fraction of sp³-hybridized carbons (Fsp3) is 0.550. The van der Waals surface area contributed by atoms with Gasteiger partial charge in [0.2, 0.25) is 10.0 Å². The second-order valence-electron chi connectivity index (χ2n) is 6.62. The van der Waals surface area contributed by atoms with Gasteiger partial charge in [-0.05, 0) is 32.8 Å². The molecule has 1 aromatic carbocycles. The maximum atomic E-state index is 12.0. The Morgan fingerprint density at radius 2 is 2.00 bits per heavy atom. The number of aliphatic imine (C=N–C) groups is 1. The van der Waals surface area contributed by atoms with Crippen molar-refractivity contribution in [1.29, 1.82) is 0 Å². The van der Waals surface area contributed by atoms with Crippen LogP contribution >= 0.6 is 24.0 Å². The van der Waals surface area contributed by atoms with Gasteiger partial charge in [-0.1, -0.05) is 30.9 Å². The van der Waals surface area contributed by atoms with Crippen molar-refractivity contribution in [2.75, 3.05) is 32.0 Å². The summed E-state index contributed by atoms with van der Waals surface area (Å²) in [5.74, 6) is 1.70. The molecule has 2 N–H and O–H groups in total. The van der Waals surface area contributed by atoms with E-state index in [0.29, 0.717) is 26.2 Å². The molecule has 0 aromatic heterocycles. The lowest BCUT2D eigenvalue weighted by molar-refractivity contribution is 0.306. The summed E-state index contributed by atoms with van der Waals surface area (Å²) in [5.41, 5.74) is 1.01. The molecule has 9 heteroatoms. The molecule has 0 spiro atoms. The number of halogens is 1. The van der Waals surface area contributed by atoms with Crippen LogP contribution in [-0.4, -0.2) is 56.7 Å². The molecule has 0 amide bonds. The van der Waals surface area contributed by atoms with Crippen LogP contribution in [0.25, 0.3) is 0 Å². The Labute approximate surface area is 192 Å². The first-order valence-corrected chi connectivity index (χ1v) is 11.4. The Bertz CT molecular complexity index is 763. The zero-order valence-electron chi connectivity index (χ0n) is 17.3. The predicted molar refractivity (Wildman–Crippen MR) is 130 cm³/mol. The molecule has 0 atom stereocenters. The molecule has 1 aromatic rings. The minimum absolute atomic E-state index is 0. The van der Waals surface area contributed by atoms with Gasteiger partial charge in [-0.3, -0.25) is 0 Å². The smallest absolute Gasteiger partial charge is 0.213 e. The number of benzene rings is 1. The van der Waals surface area contributed by atoms with Crippen molar-refractivity contribution in [3.8, 4) is 5.75 Å². The first-order chi connectivity index (χ1) is 13.5. The normalized spacial score (nSPS) is 16.0. The topological polar surface area (TPSA) is 83.0 Å². The number of ether oxygens (including phenoxy) is 1. The largest absolute Gasteiger partial charge is 0.489 e. The maximum Gasteiger partial charge on any atom is 0.213 e. The lowest BCUT2D eigenvalue weighted by atomic mass is 10.1. The Kier molecular flexibility index (Phi) is 11.6. The number of sulfonamides is 1. The molecule has 29 heavy (non-hydrogen) atoms. The summed E-state index contributed by atoms with van der Waals surface area (Å²) >= 11 is 0. The van der Waals surface area contributed by atoms with Gasteiger partial charge in [0, 0.05) is 31.2 Å². The second-order valence-corrected chi connectivity index (χ2v) is 8.88. The summed E-state index contributed by atoms with van der Waals surface area (Å²) in [6.45, 7) is 10.2. The molecule has 2 rings (SSSR count). The predicted octanol–water partition coefficient (Wildman–Crippen LogP) is 2.74. The number of guanidine groups is 1. The molecule has 0 saturated carbocycles. The molecular formula is C20H33IN4O3S. The third kappa shape index (κ3) is 8.13. The number of para-hydroxylation sites is 1. The quantitative estimate of drug-likeness (QED) is 0.220. The number of hydrogen-bond acceptors (Lipinski definition) is 4. The van der Waals surface area contributed by atoms with E-state index in [0.717, 1.165) is 36.7 Å². The van der Waals surface area contributed by atoms with Crippen molar-refractivity contribution < 1.29 is 13.2 Å². The average Bonchev–Trinajstić information content (AvgIpc) is 2.71. The van der Waals surface area contributed by atoms with Crippen LogP contribution in [0.3, 0.4) is 0 Å². The lowest BCUT2D eigenvalue weighted by Crippen LogP contribution is -2.50. The van der Waals surface area contributed by atoms with Crippen molar-refractivity contribution in [1.82, 2.24) is 14.9 Å². The molecule has 1 aliphatic heterocycles. The van der Waals surface area contributed by atoms with Crippen LogP contribution < -0.4 is 15.4 Å². The summed E-state index contributed by atoms with van der Waals surface area (Å²) in [6.07, 6.45) is 3.25. The van der Waals surface area contributed by atoms with Gasteiger partial charge in [0.25, 0.3) is 0 Å². The number of rotatable bonds is 9. The summed E-state index contributed by atoms with van der Waals surface area (Å²) in [4.78, 5) is 4.69. The van der Waals surface area contributed by atoms with E-state index in [1.807, 2.05) is 31.2 Å². The van der Waals surface area contributed by atoms with E-state index in [4.69, 9.17) is 4.74 Å². The molecule has 1 heterocycles. The Morgan fingerprint density at radius 1 is 1.31 bits per heavy atom. The molecule has 0 aliphatic carbocycles. The Balaban J connectivity index is 0.00000420. The van der Waals surface area contributed by atoms with Gasteiger partial charge in [0.05, 0.1) is 12.3 Å². The molecule has 164 valence electrons. The SMILES string of the molecule is C=CCOc1ccccc1CN=C(NCC)NC1CCN(S(=O)(=O)CC)CC1.I. The van der Waals surface area contributed by atoms with E-state index in [-0.39, 0.29) is 35.8 Å². The highest BCUT2D eigenvalue weighted by atomic mass is 127. The molecule has 7 nitrogen and oxygen atoms in total. The standard InChI is InChI=1S/C20H32N4O3S.HI/c1-4-15-27-19-10-8-7-9-17(19)16-22-20(21-5-2)23-18-11-13-24(14-12-18)28(25,26)6-3;/h4,7-10,18H,1,5-6,11-16H2,2-3H3,(H2,21,22,23);1H. The summed E-state index contributed by atoms with van der Waals surface area (Å²) in [7, 11) is -3.10. The second kappa shape index (κ2) is 13.1. The van der Waals surface area contributed by atoms with Gasteiger partial charge >= 0.3 is 0 Å². The fourth-order valence-corrected chi connectivity index (χ4v) is 4.19. The van der Waals surface area contributed by atoms with E-state index in [9.17, 15) is 8.42 Å². The molecule has 1 aliphatic rings. The van der Waals surface area contributed by atoms with Crippen molar-refractivity contribution in [2.45, 2.75) is 39.3 Å². The van der Waals surface area contributed by atoms with Crippen molar-refractivity contribution >= 4 is 40.0 Å². The number of piperidine rings is 1. The highest BCUT2D eigenvalue weighted by Crippen LogP contribution is 2.19. The molecule has 0 bridgehead atoms. The van der Waals surface area contributed by atoms with Crippen LogP contribution in [0.5, 0.6) is 5.75 Å². The van der Waals surface area contributed by atoms with Gasteiger partial charge in [0.15, 0.2) is 5.96 Å². The third-order valence-corrected chi connectivity index (χ3v) is 6.52. The first kappa shape index (κ1) is 25.7. The Hall–Kier alpha value is -1.33. The van der Waals surface area contributed by atoms with E-state index in [2.05, 4.69) is 22.2 Å². The molecular weight excluding hydrogens is 503 g/mol. The fourth-order valence-electron chi connectivity index (χ4n) is 3.06.